The van der Waals surface area contributed by atoms with Crippen LogP contribution < -0.4 is 5.32 Å². The quantitative estimate of drug-likeness (QED) is 0.133. The van der Waals surface area contributed by atoms with Gasteiger partial charge in [0.15, 0.2) is 5.96 Å². The van der Waals surface area contributed by atoms with E-state index in [9.17, 15) is 9.59 Å². The SMILES string of the molecule is C=CCCCN(C)C(=NC)NCCCCCC(=O)N1CCN(C(=O)CC(C)C)CC1.I. The van der Waals surface area contributed by atoms with Crippen LogP contribution in [0, 0.1) is 5.92 Å². The number of nitrogens with one attached hydrogen (secondary N) is 1. The maximum Gasteiger partial charge on any atom is 0.222 e. The predicted molar refractivity (Wildman–Crippen MR) is 140 cm³/mol. The summed E-state index contributed by atoms with van der Waals surface area (Å²) < 4.78 is 0. The molecule has 1 aliphatic heterocycles. The highest BCUT2D eigenvalue weighted by Crippen LogP contribution is 2.10. The molecule has 31 heavy (non-hydrogen) atoms. The molecule has 1 rings (SSSR count). The van der Waals surface area contributed by atoms with Crippen LogP contribution in [0.4, 0.5) is 0 Å². The normalized spacial score (nSPS) is 14.3. The molecule has 1 saturated heterocycles. The average molecular weight is 550 g/mol. The smallest absolute Gasteiger partial charge is 0.222 e. The van der Waals surface area contributed by atoms with Gasteiger partial charge >= 0.3 is 0 Å². The molecule has 1 N–H and O–H groups in total. The number of halogens is 1. The molecule has 0 bridgehead atoms. The molecule has 0 spiro atoms. The molecule has 2 amide bonds. The van der Waals surface area contributed by atoms with Gasteiger partial charge in [0.2, 0.25) is 11.8 Å². The van der Waals surface area contributed by atoms with E-state index in [-0.39, 0.29) is 35.8 Å². The van der Waals surface area contributed by atoms with E-state index >= 15 is 0 Å². The number of hydrogen-bond acceptors (Lipinski definition) is 3. The molecule has 7 nitrogen and oxygen atoms in total. The molecule has 0 aromatic rings. The van der Waals surface area contributed by atoms with Gasteiger partial charge in [0.25, 0.3) is 0 Å². The second kappa shape index (κ2) is 17.3. The summed E-state index contributed by atoms with van der Waals surface area (Å²) in [4.78, 5) is 34.8. The zero-order valence-corrected chi connectivity index (χ0v) is 22.4. The molecule has 180 valence electrons. The highest BCUT2D eigenvalue weighted by Gasteiger charge is 2.23. The summed E-state index contributed by atoms with van der Waals surface area (Å²) in [5.74, 6) is 1.73. The zero-order valence-electron chi connectivity index (χ0n) is 20.1. The zero-order chi connectivity index (χ0) is 22.4. The summed E-state index contributed by atoms with van der Waals surface area (Å²) in [6.07, 6.45) is 8.15. The monoisotopic (exact) mass is 549 g/mol. The Bertz CT molecular complexity index is 560. The summed E-state index contributed by atoms with van der Waals surface area (Å²) >= 11 is 0. The summed E-state index contributed by atoms with van der Waals surface area (Å²) in [6.45, 7) is 12.4. The van der Waals surface area contributed by atoms with Crippen LogP contribution >= 0.6 is 24.0 Å². The molecule has 0 saturated carbocycles. The number of nitrogens with zero attached hydrogens (tertiary/aromatic N) is 4. The van der Waals surface area contributed by atoms with Crippen molar-refractivity contribution >= 4 is 41.8 Å². The van der Waals surface area contributed by atoms with Crippen LogP contribution in [-0.2, 0) is 9.59 Å². The van der Waals surface area contributed by atoms with E-state index in [1.54, 1.807) is 7.05 Å². The molecule has 8 heteroatoms. The van der Waals surface area contributed by atoms with Crippen LogP contribution in [0.1, 0.15) is 58.8 Å². The molecule has 1 fully saturated rings. The molecule has 0 unspecified atom stereocenters. The fourth-order valence-electron chi connectivity index (χ4n) is 3.58. The Morgan fingerprint density at radius 3 is 2.23 bits per heavy atom. The van der Waals surface area contributed by atoms with Crippen LogP contribution in [0.15, 0.2) is 17.6 Å². The third kappa shape index (κ3) is 12.3. The minimum atomic E-state index is 0. The highest BCUT2D eigenvalue weighted by molar-refractivity contribution is 14.0. The van der Waals surface area contributed by atoms with Crippen molar-refractivity contribution in [3.8, 4) is 0 Å². The Kier molecular flexibility index (Phi) is 16.5. The number of amides is 2. The first-order valence-electron chi connectivity index (χ1n) is 11.5. The summed E-state index contributed by atoms with van der Waals surface area (Å²) in [7, 11) is 3.86. The minimum Gasteiger partial charge on any atom is -0.356 e. The molecule has 1 heterocycles. The number of carbonyl (C=O) groups excluding carboxylic acids is 2. The molecule has 0 aromatic heterocycles. The summed E-state index contributed by atoms with van der Waals surface area (Å²) in [5.41, 5.74) is 0. The van der Waals surface area contributed by atoms with Crippen molar-refractivity contribution in [1.29, 1.82) is 0 Å². The minimum absolute atomic E-state index is 0. The van der Waals surface area contributed by atoms with Crippen LogP contribution in [0.25, 0.3) is 0 Å². The van der Waals surface area contributed by atoms with Gasteiger partial charge < -0.3 is 20.0 Å². The lowest BCUT2D eigenvalue weighted by atomic mass is 10.1. The van der Waals surface area contributed by atoms with E-state index < -0.39 is 0 Å². The summed E-state index contributed by atoms with van der Waals surface area (Å²) in [6, 6.07) is 0. The third-order valence-corrected chi connectivity index (χ3v) is 5.39. The molecule has 0 atom stereocenters. The van der Waals surface area contributed by atoms with Crippen LogP contribution in [-0.4, -0.2) is 85.8 Å². The first kappa shape index (κ1) is 29.7. The maximum atomic E-state index is 12.4. The number of guanidine groups is 1. The Balaban J connectivity index is 0.00000900. The van der Waals surface area contributed by atoms with Crippen molar-refractivity contribution in [3.63, 3.8) is 0 Å². The molecule has 0 aliphatic carbocycles. The highest BCUT2D eigenvalue weighted by atomic mass is 127. The van der Waals surface area contributed by atoms with Crippen LogP contribution in [0.2, 0.25) is 0 Å². The van der Waals surface area contributed by atoms with Crippen molar-refractivity contribution in [3.05, 3.63) is 12.7 Å². The predicted octanol–water partition coefficient (Wildman–Crippen LogP) is 3.36. The second-order valence-corrected chi connectivity index (χ2v) is 8.50. The molecule has 0 radical (unpaired) electrons. The van der Waals surface area contributed by atoms with Crippen LogP contribution in [0.5, 0.6) is 0 Å². The van der Waals surface area contributed by atoms with E-state index in [0.29, 0.717) is 44.9 Å². The summed E-state index contributed by atoms with van der Waals surface area (Å²) in [5, 5.41) is 3.39. The van der Waals surface area contributed by atoms with Gasteiger partial charge in [-0.2, -0.15) is 0 Å². The van der Waals surface area contributed by atoms with E-state index in [0.717, 1.165) is 51.2 Å². The maximum absolute atomic E-state index is 12.4. The fraction of sp³-hybridized carbons (Fsp3) is 0.783. The number of hydrogen-bond donors (Lipinski definition) is 1. The van der Waals surface area contributed by atoms with Crippen LogP contribution in [0.3, 0.4) is 0 Å². The van der Waals surface area contributed by atoms with Gasteiger partial charge in [-0.25, -0.2) is 0 Å². The number of aliphatic imine (C=N–C) groups is 1. The van der Waals surface area contributed by atoms with Gasteiger partial charge in [0.05, 0.1) is 0 Å². The third-order valence-electron chi connectivity index (χ3n) is 5.39. The number of rotatable bonds is 12. The first-order valence-corrected chi connectivity index (χ1v) is 11.5. The molecule has 1 aliphatic rings. The topological polar surface area (TPSA) is 68.2 Å². The Morgan fingerprint density at radius 2 is 1.68 bits per heavy atom. The lowest BCUT2D eigenvalue weighted by Gasteiger charge is -2.35. The Hall–Kier alpha value is -1.32. The van der Waals surface area contributed by atoms with Crippen molar-refractivity contribution in [2.24, 2.45) is 10.9 Å². The Morgan fingerprint density at radius 1 is 1.06 bits per heavy atom. The lowest BCUT2D eigenvalue weighted by Crippen LogP contribution is -2.50. The van der Waals surface area contributed by atoms with Gasteiger partial charge in [0.1, 0.15) is 0 Å². The largest absolute Gasteiger partial charge is 0.356 e. The van der Waals surface area contributed by atoms with Gasteiger partial charge in [-0.3, -0.25) is 14.6 Å². The van der Waals surface area contributed by atoms with Gasteiger partial charge in [0, 0.05) is 66.2 Å². The van der Waals surface area contributed by atoms with Crippen molar-refractivity contribution < 1.29 is 9.59 Å². The van der Waals surface area contributed by atoms with Crippen molar-refractivity contribution in [2.75, 3.05) is 53.4 Å². The standard InChI is InChI=1S/C23H43N5O2.HI/c1-6-7-11-14-26(5)23(24-4)25-13-10-8-9-12-21(29)27-15-17-28(18-16-27)22(30)19-20(2)3;/h6,20H,1,7-19H2,2-5H3,(H,24,25);1H. The van der Waals surface area contributed by atoms with E-state index in [1.807, 2.05) is 22.9 Å². The average Bonchev–Trinajstić information content (AvgIpc) is 2.72. The number of allylic oxidation sites excluding steroid dienone is 1. The number of unbranched alkanes of at least 4 members (excludes halogenated alkanes) is 3. The second-order valence-electron chi connectivity index (χ2n) is 8.50. The number of carbonyl (C=O) groups is 2. The van der Waals surface area contributed by atoms with Gasteiger partial charge in [-0.05, 0) is 31.6 Å². The first-order chi connectivity index (χ1) is 14.4. The Labute approximate surface area is 206 Å². The fourth-order valence-corrected chi connectivity index (χ4v) is 3.58. The van der Waals surface area contributed by atoms with E-state index in [4.69, 9.17) is 0 Å². The van der Waals surface area contributed by atoms with Gasteiger partial charge in [-0.1, -0.05) is 26.3 Å². The number of piperazine rings is 1. The molecular weight excluding hydrogens is 505 g/mol. The molecule has 0 aromatic carbocycles. The lowest BCUT2D eigenvalue weighted by molar-refractivity contribution is -0.140. The van der Waals surface area contributed by atoms with Crippen molar-refractivity contribution in [1.82, 2.24) is 20.0 Å². The van der Waals surface area contributed by atoms with Gasteiger partial charge in [-0.15, -0.1) is 30.6 Å². The van der Waals surface area contributed by atoms with E-state index in [1.165, 1.54) is 0 Å². The van der Waals surface area contributed by atoms with E-state index in [2.05, 4.69) is 35.6 Å². The van der Waals surface area contributed by atoms with Crippen molar-refractivity contribution in [2.45, 2.75) is 58.8 Å². The molecular formula is C23H44IN5O2.